The summed E-state index contributed by atoms with van der Waals surface area (Å²) in [5.74, 6) is -1.20. The van der Waals surface area contributed by atoms with Crippen LogP contribution in [0.4, 0.5) is 0 Å². The minimum absolute atomic E-state index is 0.305. The molecule has 0 spiro atoms. The first-order valence-corrected chi connectivity index (χ1v) is 9.84. The van der Waals surface area contributed by atoms with Crippen LogP contribution >= 0.6 is 24.0 Å². The van der Waals surface area contributed by atoms with Crippen LogP contribution in [-0.2, 0) is 14.3 Å². The highest BCUT2D eigenvalue weighted by molar-refractivity contribution is 8.26. The van der Waals surface area contributed by atoms with Crippen LogP contribution in [0.25, 0.3) is 6.08 Å². The highest BCUT2D eigenvalue weighted by Gasteiger charge is 2.32. The molecule has 2 aromatic carbocycles. The summed E-state index contributed by atoms with van der Waals surface area (Å²) in [4.78, 5) is 36.0. The molecule has 0 unspecified atom stereocenters. The maximum Gasteiger partial charge on any atom is 0.337 e. The highest BCUT2D eigenvalue weighted by Crippen LogP contribution is 2.32. The molecule has 9 heteroatoms. The summed E-state index contributed by atoms with van der Waals surface area (Å²) < 4.78 is 9.63. The molecule has 0 N–H and O–H groups in total. The number of amides is 1. The monoisotopic (exact) mass is 440 g/mol. The molecule has 0 aliphatic carbocycles. The second-order valence-corrected chi connectivity index (χ2v) is 7.64. The van der Waals surface area contributed by atoms with Gasteiger partial charge in [-0.05, 0) is 53.7 Å². The van der Waals surface area contributed by atoms with Crippen molar-refractivity contribution in [3.8, 4) is 0 Å². The SMILES string of the molecule is COC(=O)c1ccc(/C=C2\SC(=S)N(/N=C/c3ccc(C(=O)OC)cc3)C2=O)cc1. The van der Waals surface area contributed by atoms with Crippen LogP contribution in [0.15, 0.2) is 58.5 Å². The van der Waals surface area contributed by atoms with Gasteiger partial charge in [-0.1, -0.05) is 36.0 Å². The summed E-state index contributed by atoms with van der Waals surface area (Å²) in [7, 11) is 2.63. The zero-order valence-electron chi connectivity index (χ0n) is 16.0. The number of hydrogen-bond acceptors (Lipinski definition) is 8. The van der Waals surface area contributed by atoms with Gasteiger partial charge in [0.2, 0.25) is 0 Å². The maximum atomic E-state index is 12.6. The van der Waals surface area contributed by atoms with Gasteiger partial charge >= 0.3 is 11.9 Å². The lowest BCUT2D eigenvalue weighted by Gasteiger charge is -2.06. The molecular weight excluding hydrogens is 424 g/mol. The van der Waals surface area contributed by atoms with Gasteiger partial charge in [0.25, 0.3) is 5.91 Å². The van der Waals surface area contributed by atoms with E-state index in [1.807, 2.05) is 0 Å². The third kappa shape index (κ3) is 4.81. The summed E-state index contributed by atoms with van der Waals surface area (Å²) >= 11 is 6.40. The van der Waals surface area contributed by atoms with Crippen molar-refractivity contribution in [3.63, 3.8) is 0 Å². The number of methoxy groups -OCH3 is 2. The lowest BCUT2D eigenvalue weighted by molar-refractivity contribution is -0.122. The van der Waals surface area contributed by atoms with Crippen LogP contribution in [0, 0.1) is 0 Å². The fourth-order valence-electron chi connectivity index (χ4n) is 2.49. The molecule has 0 atom stereocenters. The molecule has 7 nitrogen and oxygen atoms in total. The predicted octanol–water partition coefficient (Wildman–Crippen LogP) is 3.50. The summed E-state index contributed by atoms with van der Waals surface area (Å²) in [5, 5.41) is 5.31. The Morgan fingerprint density at radius 3 is 1.93 bits per heavy atom. The predicted molar refractivity (Wildman–Crippen MR) is 118 cm³/mol. The van der Waals surface area contributed by atoms with Crippen molar-refractivity contribution in [3.05, 3.63) is 75.7 Å². The molecule has 3 rings (SSSR count). The Morgan fingerprint density at radius 2 is 1.43 bits per heavy atom. The van der Waals surface area contributed by atoms with Crippen LogP contribution < -0.4 is 0 Å². The molecule has 30 heavy (non-hydrogen) atoms. The van der Waals surface area contributed by atoms with Gasteiger partial charge in [0.05, 0.1) is 36.5 Å². The lowest BCUT2D eigenvalue weighted by Crippen LogP contribution is -2.22. The number of hydrazone groups is 1. The summed E-state index contributed by atoms with van der Waals surface area (Å²) in [6.07, 6.45) is 3.17. The minimum Gasteiger partial charge on any atom is -0.465 e. The molecule has 1 amide bonds. The van der Waals surface area contributed by atoms with E-state index in [4.69, 9.17) is 12.2 Å². The number of esters is 2. The zero-order valence-corrected chi connectivity index (χ0v) is 17.7. The summed E-state index contributed by atoms with van der Waals surface area (Å²) in [5.41, 5.74) is 2.27. The first-order chi connectivity index (χ1) is 14.4. The number of ether oxygens (including phenoxy) is 2. The number of thioether (sulfide) groups is 1. The summed E-state index contributed by atoms with van der Waals surface area (Å²) in [6.45, 7) is 0. The molecule has 2 aromatic rings. The van der Waals surface area contributed by atoms with Crippen molar-refractivity contribution in [1.29, 1.82) is 0 Å². The van der Waals surface area contributed by atoms with Gasteiger partial charge in [-0.3, -0.25) is 4.79 Å². The number of rotatable bonds is 5. The Bertz CT molecular complexity index is 1060. The van der Waals surface area contributed by atoms with Gasteiger partial charge in [0, 0.05) is 0 Å². The van der Waals surface area contributed by atoms with Gasteiger partial charge in [0.15, 0.2) is 4.32 Å². The first kappa shape index (κ1) is 21.4. The van der Waals surface area contributed by atoms with E-state index in [2.05, 4.69) is 14.6 Å². The van der Waals surface area contributed by atoms with Gasteiger partial charge in [-0.15, -0.1) is 0 Å². The van der Waals surface area contributed by atoms with Crippen molar-refractivity contribution in [2.75, 3.05) is 14.2 Å². The molecule has 1 heterocycles. The van der Waals surface area contributed by atoms with E-state index >= 15 is 0 Å². The fraction of sp³-hybridized carbons (Fsp3) is 0.0952. The van der Waals surface area contributed by atoms with Gasteiger partial charge in [0.1, 0.15) is 0 Å². The molecule has 0 bridgehead atoms. The number of carbonyl (C=O) groups is 3. The zero-order chi connectivity index (χ0) is 21.7. The molecular formula is C21H16N2O5S2. The van der Waals surface area contributed by atoms with Crippen molar-refractivity contribution in [2.45, 2.75) is 0 Å². The summed E-state index contributed by atoms with van der Waals surface area (Å²) in [6, 6.07) is 13.3. The van der Waals surface area contributed by atoms with Gasteiger partial charge < -0.3 is 9.47 Å². The Morgan fingerprint density at radius 1 is 0.933 bits per heavy atom. The van der Waals surface area contributed by atoms with Crippen molar-refractivity contribution in [1.82, 2.24) is 5.01 Å². The first-order valence-electron chi connectivity index (χ1n) is 8.61. The van der Waals surface area contributed by atoms with E-state index in [-0.39, 0.29) is 5.91 Å². The second-order valence-electron chi connectivity index (χ2n) is 5.97. The highest BCUT2D eigenvalue weighted by atomic mass is 32.2. The quantitative estimate of drug-likeness (QED) is 0.304. The molecule has 1 fully saturated rings. The number of thiocarbonyl (C=S) groups is 1. The average Bonchev–Trinajstić information content (AvgIpc) is 3.04. The van der Waals surface area contributed by atoms with Crippen LogP contribution in [0.5, 0.6) is 0 Å². The van der Waals surface area contributed by atoms with E-state index < -0.39 is 11.9 Å². The molecule has 1 aliphatic rings. The number of hydrogen-bond donors (Lipinski definition) is 0. The van der Waals surface area contributed by atoms with Crippen molar-refractivity contribution in [2.24, 2.45) is 5.10 Å². The number of benzene rings is 2. The Labute approximate surface area is 182 Å². The third-order valence-electron chi connectivity index (χ3n) is 4.06. The van der Waals surface area contributed by atoms with E-state index in [1.165, 1.54) is 20.4 Å². The minimum atomic E-state index is -0.430. The van der Waals surface area contributed by atoms with Crippen LogP contribution in [-0.4, -0.2) is 47.6 Å². The average molecular weight is 441 g/mol. The fourth-order valence-corrected chi connectivity index (χ4v) is 3.66. The molecule has 0 aromatic heterocycles. The lowest BCUT2D eigenvalue weighted by atomic mass is 10.1. The van der Waals surface area contributed by atoms with E-state index in [0.717, 1.165) is 22.3 Å². The maximum absolute atomic E-state index is 12.6. The third-order valence-corrected chi connectivity index (χ3v) is 5.34. The number of carbonyl (C=O) groups excluding carboxylic acids is 3. The normalized spacial score (nSPS) is 15.1. The molecule has 152 valence electrons. The van der Waals surface area contributed by atoms with Crippen molar-refractivity contribution < 1.29 is 23.9 Å². The van der Waals surface area contributed by atoms with Crippen LogP contribution in [0.1, 0.15) is 31.8 Å². The molecule has 1 aliphatic heterocycles. The Hall–Kier alpha value is -3.30. The molecule has 0 saturated carbocycles. The number of nitrogens with zero attached hydrogens (tertiary/aromatic N) is 2. The van der Waals surface area contributed by atoms with E-state index in [9.17, 15) is 14.4 Å². The van der Waals surface area contributed by atoms with Gasteiger partial charge in [-0.2, -0.15) is 10.1 Å². The van der Waals surface area contributed by atoms with E-state index in [0.29, 0.717) is 25.9 Å². The molecule has 1 saturated heterocycles. The van der Waals surface area contributed by atoms with Crippen LogP contribution in [0.3, 0.4) is 0 Å². The smallest absolute Gasteiger partial charge is 0.337 e. The van der Waals surface area contributed by atoms with Gasteiger partial charge in [-0.25, -0.2) is 9.59 Å². The Balaban J connectivity index is 1.72. The largest absolute Gasteiger partial charge is 0.465 e. The molecule has 0 radical (unpaired) electrons. The van der Waals surface area contributed by atoms with Crippen molar-refractivity contribution >= 4 is 58.4 Å². The standard InChI is InChI=1S/C21H16N2O5S2/c1-27-19(25)15-7-3-13(4-8-15)11-17-18(24)23(21(29)30-17)22-12-14-5-9-16(10-6-14)20(26)28-2/h3-12H,1-2H3/b17-11-,22-12+. The van der Waals surface area contributed by atoms with E-state index in [1.54, 1.807) is 54.6 Å². The second kappa shape index (κ2) is 9.47. The Kier molecular flexibility index (Phi) is 6.76. The van der Waals surface area contributed by atoms with Crippen LogP contribution in [0.2, 0.25) is 0 Å². The topological polar surface area (TPSA) is 85.3 Å².